The molecular weight excluding hydrogens is 198 g/mol. The van der Waals surface area contributed by atoms with Gasteiger partial charge in [0.25, 0.3) is 0 Å². The quantitative estimate of drug-likeness (QED) is 0.779. The molecule has 2 heteroatoms. The third-order valence-corrected chi connectivity index (χ3v) is 2.96. The van der Waals surface area contributed by atoms with Gasteiger partial charge in [0.2, 0.25) is 0 Å². The molecule has 0 atom stereocenters. The van der Waals surface area contributed by atoms with Crippen LogP contribution in [0.4, 0.5) is 5.69 Å². The van der Waals surface area contributed by atoms with Crippen LogP contribution in [0, 0.1) is 0 Å². The van der Waals surface area contributed by atoms with Crippen molar-refractivity contribution in [3.63, 3.8) is 0 Å². The second kappa shape index (κ2) is 4.44. The zero-order chi connectivity index (χ0) is 11.5. The predicted octanol–water partition coefficient (Wildman–Crippen LogP) is 3.30. The minimum Gasteiger partial charge on any atom is -0.496 e. The number of nitrogens with zero attached hydrogens (tertiary/aromatic N) is 1. The van der Waals surface area contributed by atoms with E-state index in [2.05, 4.69) is 43.1 Å². The van der Waals surface area contributed by atoms with Crippen molar-refractivity contribution in [2.75, 3.05) is 25.6 Å². The molecule has 0 bridgehead atoms. The van der Waals surface area contributed by atoms with Gasteiger partial charge in [0.05, 0.1) is 7.11 Å². The van der Waals surface area contributed by atoms with Crippen LogP contribution in [0.25, 0.3) is 10.8 Å². The van der Waals surface area contributed by atoms with Gasteiger partial charge in [-0.1, -0.05) is 12.1 Å². The molecule has 2 nitrogen and oxygen atoms in total. The SMILES string of the molecule is CCN(C)c1ccc2c(OC)cccc2c1. The van der Waals surface area contributed by atoms with Crippen LogP contribution >= 0.6 is 0 Å². The third kappa shape index (κ3) is 1.83. The number of hydrogen-bond donors (Lipinski definition) is 0. The van der Waals surface area contributed by atoms with Crippen molar-refractivity contribution >= 4 is 16.5 Å². The second-order valence-electron chi connectivity index (χ2n) is 3.88. The summed E-state index contributed by atoms with van der Waals surface area (Å²) in [5.74, 6) is 0.934. The zero-order valence-electron chi connectivity index (χ0n) is 10.0. The first-order chi connectivity index (χ1) is 7.76. The minimum absolute atomic E-state index is 0.934. The maximum Gasteiger partial charge on any atom is 0.126 e. The Morgan fingerprint density at radius 3 is 2.69 bits per heavy atom. The number of methoxy groups -OCH3 is 1. The van der Waals surface area contributed by atoms with Gasteiger partial charge in [-0.2, -0.15) is 0 Å². The molecule has 0 saturated heterocycles. The first kappa shape index (κ1) is 10.8. The fourth-order valence-corrected chi connectivity index (χ4v) is 1.84. The highest BCUT2D eigenvalue weighted by molar-refractivity contribution is 5.90. The van der Waals surface area contributed by atoms with Gasteiger partial charge in [0, 0.05) is 24.7 Å². The van der Waals surface area contributed by atoms with E-state index in [9.17, 15) is 0 Å². The Hall–Kier alpha value is -1.70. The van der Waals surface area contributed by atoms with E-state index in [1.807, 2.05) is 12.1 Å². The van der Waals surface area contributed by atoms with Crippen molar-refractivity contribution in [1.82, 2.24) is 0 Å². The van der Waals surface area contributed by atoms with Gasteiger partial charge in [0.1, 0.15) is 5.75 Å². The van der Waals surface area contributed by atoms with Crippen LogP contribution in [-0.4, -0.2) is 20.7 Å². The van der Waals surface area contributed by atoms with Crippen molar-refractivity contribution in [2.45, 2.75) is 6.92 Å². The van der Waals surface area contributed by atoms with Gasteiger partial charge in [-0.15, -0.1) is 0 Å². The summed E-state index contributed by atoms with van der Waals surface area (Å²) in [5, 5.41) is 2.38. The topological polar surface area (TPSA) is 12.5 Å². The zero-order valence-corrected chi connectivity index (χ0v) is 10.0. The van der Waals surface area contributed by atoms with E-state index in [0.717, 1.165) is 12.3 Å². The molecule has 0 aromatic heterocycles. The molecule has 0 saturated carbocycles. The van der Waals surface area contributed by atoms with E-state index in [0.29, 0.717) is 0 Å². The van der Waals surface area contributed by atoms with Gasteiger partial charge in [-0.3, -0.25) is 0 Å². The number of hydrogen-bond acceptors (Lipinski definition) is 2. The lowest BCUT2D eigenvalue weighted by atomic mass is 10.1. The van der Waals surface area contributed by atoms with Crippen molar-refractivity contribution in [3.8, 4) is 5.75 Å². The van der Waals surface area contributed by atoms with E-state index in [-0.39, 0.29) is 0 Å². The molecule has 0 fully saturated rings. The first-order valence-corrected chi connectivity index (χ1v) is 5.54. The van der Waals surface area contributed by atoms with Crippen LogP contribution in [-0.2, 0) is 0 Å². The van der Waals surface area contributed by atoms with E-state index in [4.69, 9.17) is 4.74 Å². The van der Waals surface area contributed by atoms with Crippen LogP contribution in [0.5, 0.6) is 5.75 Å². The third-order valence-electron chi connectivity index (χ3n) is 2.96. The Kier molecular flexibility index (Phi) is 3.00. The molecule has 0 N–H and O–H groups in total. The molecular formula is C14H17NO. The Bertz CT molecular complexity index is 493. The smallest absolute Gasteiger partial charge is 0.126 e. The van der Waals surface area contributed by atoms with Crippen LogP contribution in [0.15, 0.2) is 36.4 Å². The highest BCUT2D eigenvalue weighted by Gasteiger charge is 2.03. The predicted molar refractivity (Wildman–Crippen MR) is 69.4 cm³/mol. The fraction of sp³-hybridized carbons (Fsp3) is 0.286. The molecule has 0 aliphatic carbocycles. The van der Waals surface area contributed by atoms with Gasteiger partial charge in [-0.25, -0.2) is 0 Å². The summed E-state index contributed by atoms with van der Waals surface area (Å²) in [6.07, 6.45) is 0. The second-order valence-corrected chi connectivity index (χ2v) is 3.88. The van der Waals surface area contributed by atoms with Crippen molar-refractivity contribution in [3.05, 3.63) is 36.4 Å². The number of rotatable bonds is 3. The Labute approximate surface area is 96.4 Å². The summed E-state index contributed by atoms with van der Waals surface area (Å²) in [4.78, 5) is 2.22. The van der Waals surface area contributed by atoms with Gasteiger partial charge in [0.15, 0.2) is 0 Å². The lowest BCUT2D eigenvalue weighted by molar-refractivity contribution is 0.420. The number of fused-ring (bicyclic) bond motifs is 1. The number of ether oxygens (including phenoxy) is 1. The molecule has 2 aromatic carbocycles. The first-order valence-electron chi connectivity index (χ1n) is 5.54. The van der Waals surface area contributed by atoms with Crippen molar-refractivity contribution < 1.29 is 4.74 Å². The Morgan fingerprint density at radius 2 is 2.00 bits per heavy atom. The highest BCUT2D eigenvalue weighted by atomic mass is 16.5. The summed E-state index contributed by atoms with van der Waals surface area (Å²) < 4.78 is 5.34. The summed E-state index contributed by atoms with van der Waals surface area (Å²) in [7, 11) is 3.81. The largest absolute Gasteiger partial charge is 0.496 e. The minimum atomic E-state index is 0.934. The molecule has 0 aliphatic rings. The molecule has 84 valence electrons. The Balaban J connectivity index is 2.55. The molecule has 0 radical (unpaired) electrons. The van der Waals surface area contributed by atoms with Crippen LogP contribution in [0.1, 0.15) is 6.92 Å². The Morgan fingerprint density at radius 1 is 1.19 bits per heavy atom. The maximum absolute atomic E-state index is 5.34. The van der Waals surface area contributed by atoms with Gasteiger partial charge < -0.3 is 9.64 Å². The maximum atomic E-state index is 5.34. The van der Waals surface area contributed by atoms with E-state index in [1.54, 1.807) is 7.11 Å². The molecule has 2 aromatic rings. The van der Waals surface area contributed by atoms with Crippen molar-refractivity contribution in [1.29, 1.82) is 0 Å². The molecule has 0 heterocycles. The van der Waals surface area contributed by atoms with E-state index < -0.39 is 0 Å². The molecule has 2 rings (SSSR count). The average molecular weight is 215 g/mol. The standard InChI is InChI=1S/C14H17NO/c1-4-15(2)12-8-9-13-11(10-12)6-5-7-14(13)16-3/h5-10H,4H2,1-3H3. The van der Waals surface area contributed by atoms with Crippen LogP contribution < -0.4 is 9.64 Å². The number of anilines is 1. The summed E-state index contributed by atoms with van der Waals surface area (Å²) in [6, 6.07) is 12.6. The molecule has 0 unspecified atom stereocenters. The summed E-state index contributed by atoms with van der Waals surface area (Å²) in [6.45, 7) is 3.16. The molecule has 0 spiro atoms. The van der Waals surface area contributed by atoms with E-state index >= 15 is 0 Å². The highest BCUT2D eigenvalue weighted by Crippen LogP contribution is 2.28. The molecule has 0 aliphatic heterocycles. The van der Waals surface area contributed by atoms with E-state index in [1.165, 1.54) is 16.5 Å². The normalized spacial score (nSPS) is 10.4. The van der Waals surface area contributed by atoms with Gasteiger partial charge >= 0.3 is 0 Å². The molecule has 16 heavy (non-hydrogen) atoms. The van der Waals surface area contributed by atoms with Crippen molar-refractivity contribution in [2.24, 2.45) is 0 Å². The fourth-order valence-electron chi connectivity index (χ4n) is 1.84. The summed E-state index contributed by atoms with van der Waals surface area (Å²) in [5.41, 5.74) is 1.24. The monoisotopic (exact) mass is 215 g/mol. The van der Waals surface area contributed by atoms with Crippen LogP contribution in [0.3, 0.4) is 0 Å². The number of benzene rings is 2. The van der Waals surface area contributed by atoms with Crippen LogP contribution in [0.2, 0.25) is 0 Å². The van der Waals surface area contributed by atoms with Gasteiger partial charge in [-0.05, 0) is 36.6 Å². The lowest BCUT2D eigenvalue weighted by Crippen LogP contribution is -2.15. The summed E-state index contributed by atoms with van der Waals surface area (Å²) >= 11 is 0. The lowest BCUT2D eigenvalue weighted by Gasteiger charge is -2.17. The average Bonchev–Trinajstić information content (AvgIpc) is 2.36. The molecule has 0 amide bonds.